The first-order chi connectivity index (χ1) is 10.4. The molecule has 2 heterocycles. The van der Waals surface area contributed by atoms with Gasteiger partial charge < -0.3 is 4.74 Å². The van der Waals surface area contributed by atoms with Crippen LogP contribution in [-0.4, -0.2) is 49.2 Å². The van der Waals surface area contributed by atoms with E-state index in [2.05, 4.69) is 4.98 Å². The Labute approximate surface area is 129 Å². The number of aromatic nitrogens is 1. The summed E-state index contributed by atoms with van der Waals surface area (Å²) in [4.78, 5) is 26.5. The number of nitrogens with zero attached hydrogens (tertiary/aromatic N) is 2. The van der Waals surface area contributed by atoms with Gasteiger partial charge in [-0.2, -0.15) is 4.31 Å². The fraction of sp³-hybridized carbons (Fsp3) is 0.500. The van der Waals surface area contributed by atoms with E-state index in [4.69, 9.17) is 4.74 Å². The Morgan fingerprint density at radius 1 is 1.36 bits per heavy atom. The number of sulfonamides is 1. The Kier molecular flexibility index (Phi) is 5.25. The van der Waals surface area contributed by atoms with E-state index in [1.807, 2.05) is 0 Å². The molecule has 0 aliphatic carbocycles. The number of carbonyl (C=O) groups excluding carboxylic acids is 2. The number of piperidine rings is 1. The van der Waals surface area contributed by atoms with Crippen molar-refractivity contribution in [3.05, 3.63) is 24.5 Å². The fourth-order valence-corrected chi connectivity index (χ4v) is 3.71. The minimum Gasteiger partial charge on any atom is -0.457 e. The van der Waals surface area contributed by atoms with E-state index >= 15 is 0 Å². The number of ether oxygens (including phenoxy) is 1. The fourth-order valence-electron chi connectivity index (χ4n) is 2.27. The van der Waals surface area contributed by atoms with Crippen LogP contribution in [0.1, 0.15) is 19.8 Å². The van der Waals surface area contributed by atoms with Crippen LogP contribution in [-0.2, 0) is 24.3 Å². The van der Waals surface area contributed by atoms with Crippen LogP contribution in [0.25, 0.3) is 0 Å². The van der Waals surface area contributed by atoms with Gasteiger partial charge in [0.15, 0.2) is 5.78 Å². The highest BCUT2D eigenvalue weighted by Gasteiger charge is 2.32. The van der Waals surface area contributed by atoms with Crippen LogP contribution in [0.3, 0.4) is 0 Å². The smallest absolute Gasteiger partial charge is 0.309 e. The van der Waals surface area contributed by atoms with E-state index < -0.39 is 16.0 Å². The van der Waals surface area contributed by atoms with E-state index in [0.29, 0.717) is 12.8 Å². The first kappa shape index (κ1) is 16.6. The van der Waals surface area contributed by atoms with Crippen LogP contribution in [0.4, 0.5) is 0 Å². The summed E-state index contributed by atoms with van der Waals surface area (Å²) in [6, 6.07) is 3.06. The molecule has 1 aromatic heterocycles. The lowest BCUT2D eigenvalue weighted by atomic mass is 9.98. The summed E-state index contributed by atoms with van der Waals surface area (Å²) in [6.45, 7) is 1.61. The Morgan fingerprint density at radius 3 is 2.59 bits per heavy atom. The van der Waals surface area contributed by atoms with Crippen molar-refractivity contribution < 1.29 is 22.7 Å². The van der Waals surface area contributed by atoms with Gasteiger partial charge in [0.2, 0.25) is 10.0 Å². The normalized spacial score (nSPS) is 17.1. The molecule has 1 saturated heterocycles. The number of Topliss-reactive ketones (excluding diaryl/α,β-unsaturated/α-hetero) is 1. The third-order valence-corrected chi connectivity index (χ3v) is 5.36. The Morgan fingerprint density at radius 2 is 2.05 bits per heavy atom. The lowest BCUT2D eigenvalue weighted by Crippen LogP contribution is -2.40. The summed E-state index contributed by atoms with van der Waals surface area (Å²) in [5.41, 5.74) is 0. The molecule has 22 heavy (non-hydrogen) atoms. The highest BCUT2D eigenvalue weighted by atomic mass is 32.2. The second kappa shape index (κ2) is 6.97. The zero-order valence-corrected chi connectivity index (χ0v) is 13.1. The summed E-state index contributed by atoms with van der Waals surface area (Å²) in [6.07, 6.45) is 3.59. The first-order valence-corrected chi connectivity index (χ1v) is 8.41. The highest BCUT2D eigenvalue weighted by Crippen LogP contribution is 2.24. The lowest BCUT2D eigenvalue weighted by molar-refractivity contribution is -0.152. The van der Waals surface area contributed by atoms with Crippen LogP contribution in [0, 0.1) is 5.92 Å². The molecule has 0 amide bonds. The summed E-state index contributed by atoms with van der Waals surface area (Å²) in [5, 5.41) is 0. The predicted octanol–water partition coefficient (Wildman–Crippen LogP) is 0.615. The minimum atomic E-state index is -3.57. The molecule has 0 saturated carbocycles. The molecule has 7 nitrogen and oxygen atoms in total. The molecule has 0 aromatic carbocycles. The minimum absolute atomic E-state index is 0.146. The third-order valence-electron chi connectivity index (χ3n) is 3.48. The Hall–Kier alpha value is -1.80. The third kappa shape index (κ3) is 3.89. The number of esters is 1. The van der Waals surface area contributed by atoms with Crippen LogP contribution in [0.5, 0.6) is 0 Å². The van der Waals surface area contributed by atoms with Gasteiger partial charge in [0, 0.05) is 25.5 Å². The highest BCUT2D eigenvalue weighted by molar-refractivity contribution is 7.89. The van der Waals surface area contributed by atoms with Crippen LogP contribution >= 0.6 is 0 Å². The topological polar surface area (TPSA) is 93.6 Å². The van der Waals surface area contributed by atoms with E-state index in [1.54, 1.807) is 6.07 Å². The first-order valence-electron chi connectivity index (χ1n) is 6.97. The molecule has 0 unspecified atom stereocenters. The standard InChI is InChI=1S/C14H18N2O5S/c1-11(17)10-21-14(18)12-4-7-16(8-5-12)22(19,20)13-3-2-6-15-9-13/h2-3,6,9,12H,4-5,7-8,10H2,1H3. The summed E-state index contributed by atoms with van der Waals surface area (Å²) >= 11 is 0. The lowest BCUT2D eigenvalue weighted by Gasteiger charge is -2.29. The maximum atomic E-state index is 12.4. The molecule has 0 radical (unpaired) electrons. The molecule has 0 N–H and O–H groups in total. The number of hydrogen-bond donors (Lipinski definition) is 0. The number of hydrogen-bond acceptors (Lipinski definition) is 6. The Bertz CT molecular complexity index is 636. The number of rotatable bonds is 5. The van der Waals surface area contributed by atoms with Crippen LogP contribution in [0.2, 0.25) is 0 Å². The van der Waals surface area contributed by atoms with E-state index in [0.717, 1.165) is 0 Å². The van der Waals surface area contributed by atoms with Gasteiger partial charge in [0.05, 0.1) is 5.92 Å². The van der Waals surface area contributed by atoms with Gasteiger partial charge in [-0.1, -0.05) is 0 Å². The molecule has 8 heteroatoms. The number of carbonyl (C=O) groups is 2. The molecule has 0 bridgehead atoms. The zero-order valence-electron chi connectivity index (χ0n) is 12.3. The molecule has 1 aliphatic rings. The molecule has 1 aliphatic heterocycles. The quantitative estimate of drug-likeness (QED) is 0.736. The average molecular weight is 326 g/mol. The average Bonchev–Trinajstić information content (AvgIpc) is 2.53. The van der Waals surface area contributed by atoms with Crippen molar-refractivity contribution >= 4 is 21.8 Å². The maximum Gasteiger partial charge on any atom is 0.309 e. The molecule has 0 spiro atoms. The van der Waals surface area contributed by atoms with Crippen molar-refractivity contribution in [1.29, 1.82) is 0 Å². The van der Waals surface area contributed by atoms with E-state index in [1.165, 1.54) is 29.7 Å². The van der Waals surface area contributed by atoms with Crippen LogP contribution in [0.15, 0.2) is 29.4 Å². The number of ketones is 1. The van der Waals surface area contributed by atoms with Crippen molar-refractivity contribution in [2.45, 2.75) is 24.7 Å². The zero-order chi connectivity index (χ0) is 16.2. The second-order valence-electron chi connectivity index (χ2n) is 5.18. The molecular weight excluding hydrogens is 308 g/mol. The van der Waals surface area contributed by atoms with E-state index in [9.17, 15) is 18.0 Å². The van der Waals surface area contributed by atoms with Gasteiger partial charge in [0.1, 0.15) is 11.5 Å². The maximum absolute atomic E-state index is 12.4. The number of pyridine rings is 1. The molecule has 1 fully saturated rings. The second-order valence-corrected chi connectivity index (χ2v) is 7.11. The van der Waals surface area contributed by atoms with Gasteiger partial charge in [-0.15, -0.1) is 0 Å². The molecular formula is C14H18N2O5S. The van der Waals surface area contributed by atoms with Gasteiger partial charge in [0.25, 0.3) is 0 Å². The summed E-state index contributed by atoms with van der Waals surface area (Å²) in [5.74, 6) is -1.02. The molecule has 120 valence electrons. The van der Waals surface area contributed by atoms with E-state index in [-0.39, 0.29) is 36.3 Å². The largest absolute Gasteiger partial charge is 0.457 e. The Balaban J connectivity index is 1.95. The molecule has 0 atom stereocenters. The van der Waals surface area contributed by atoms with Crippen molar-refractivity contribution in [1.82, 2.24) is 9.29 Å². The summed E-state index contributed by atoms with van der Waals surface area (Å²) in [7, 11) is -3.57. The monoisotopic (exact) mass is 326 g/mol. The SMILES string of the molecule is CC(=O)COC(=O)C1CCN(S(=O)(=O)c2cccnc2)CC1. The van der Waals surface area contributed by atoms with Crippen molar-refractivity contribution in [3.8, 4) is 0 Å². The van der Waals surface area contributed by atoms with Crippen molar-refractivity contribution in [2.24, 2.45) is 5.92 Å². The van der Waals surface area contributed by atoms with Gasteiger partial charge in [-0.05, 0) is 31.9 Å². The van der Waals surface area contributed by atoms with Crippen molar-refractivity contribution in [3.63, 3.8) is 0 Å². The predicted molar refractivity (Wildman–Crippen MR) is 77.4 cm³/mol. The van der Waals surface area contributed by atoms with Crippen LogP contribution < -0.4 is 0 Å². The molecule has 2 rings (SSSR count). The van der Waals surface area contributed by atoms with Gasteiger partial charge in [-0.3, -0.25) is 14.6 Å². The van der Waals surface area contributed by atoms with Gasteiger partial charge >= 0.3 is 5.97 Å². The summed E-state index contributed by atoms with van der Waals surface area (Å²) < 4.78 is 31.0. The molecule has 1 aromatic rings. The van der Waals surface area contributed by atoms with Crippen molar-refractivity contribution in [2.75, 3.05) is 19.7 Å². The van der Waals surface area contributed by atoms with Gasteiger partial charge in [-0.25, -0.2) is 8.42 Å².